The van der Waals surface area contributed by atoms with Gasteiger partial charge in [-0.05, 0) is 23.6 Å². The topological polar surface area (TPSA) is 122 Å². The number of hydrogen-bond acceptors (Lipinski definition) is 9. The number of ether oxygens (including phenoxy) is 1. The van der Waals surface area contributed by atoms with Crippen LogP contribution in [-0.4, -0.2) is 21.0 Å². The van der Waals surface area contributed by atoms with Gasteiger partial charge in [0.1, 0.15) is 10.7 Å². The average Bonchev–Trinajstić information content (AvgIpc) is 3.31. The first kappa shape index (κ1) is 15.6. The lowest BCUT2D eigenvalue weighted by Gasteiger charge is -1.95. The summed E-state index contributed by atoms with van der Waals surface area (Å²) in [6, 6.07) is 4.40. The van der Waals surface area contributed by atoms with Crippen molar-refractivity contribution in [1.82, 2.24) is 10.1 Å². The number of furan rings is 1. The lowest BCUT2D eigenvalue weighted by Crippen LogP contribution is -2.00. The summed E-state index contributed by atoms with van der Waals surface area (Å²) in [6.07, 6.45) is 2.35. The maximum atomic E-state index is 11.6. The van der Waals surface area contributed by atoms with Gasteiger partial charge in [0, 0.05) is 17.0 Å². The molecular formula is C14H9N3O6S. The van der Waals surface area contributed by atoms with Gasteiger partial charge in [-0.25, -0.2) is 4.79 Å². The zero-order valence-corrected chi connectivity index (χ0v) is 12.8. The van der Waals surface area contributed by atoms with Crippen molar-refractivity contribution in [3.8, 4) is 11.4 Å². The number of carbonyl (C=O) groups is 1. The first-order chi connectivity index (χ1) is 11.6. The molecule has 24 heavy (non-hydrogen) atoms. The molecule has 0 bridgehead atoms. The Morgan fingerprint density at radius 1 is 1.42 bits per heavy atom. The van der Waals surface area contributed by atoms with Crippen LogP contribution in [0.2, 0.25) is 0 Å². The van der Waals surface area contributed by atoms with Crippen LogP contribution >= 0.6 is 11.3 Å². The minimum Gasteiger partial charge on any atom is -0.452 e. The van der Waals surface area contributed by atoms with Gasteiger partial charge in [-0.15, -0.1) is 0 Å². The molecule has 9 nitrogen and oxygen atoms in total. The smallest absolute Gasteiger partial charge is 0.433 e. The zero-order valence-electron chi connectivity index (χ0n) is 11.9. The van der Waals surface area contributed by atoms with Crippen LogP contribution in [0.15, 0.2) is 44.0 Å². The Balaban J connectivity index is 1.53. The van der Waals surface area contributed by atoms with Gasteiger partial charge < -0.3 is 13.7 Å². The molecule has 0 unspecified atom stereocenters. The number of hydrogen-bond donors (Lipinski definition) is 0. The number of nitrogens with zero attached hydrogens (tertiary/aromatic N) is 3. The predicted octanol–water partition coefficient (Wildman–Crippen LogP) is 3.06. The number of carbonyl (C=O) groups excluding carboxylic acids is 1. The van der Waals surface area contributed by atoms with Gasteiger partial charge >= 0.3 is 11.9 Å². The van der Waals surface area contributed by atoms with Crippen LogP contribution in [0.3, 0.4) is 0 Å². The summed E-state index contributed by atoms with van der Waals surface area (Å²) < 4.78 is 14.8. The van der Waals surface area contributed by atoms with Gasteiger partial charge in [0.05, 0.1) is 6.07 Å². The summed E-state index contributed by atoms with van der Waals surface area (Å²) in [4.78, 5) is 25.5. The molecule has 0 radical (unpaired) electrons. The van der Waals surface area contributed by atoms with Crippen LogP contribution in [0.4, 0.5) is 5.88 Å². The second kappa shape index (κ2) is 6.87. The van der Waals surface area contributed by atoms with Crippen LogP contribution in [0.1, 0.15) is 11.7 Å². The summed E-state index contributed by atoms with van der Waals surface area (Å²) in [5.41, 5.74) is 0.820. The Morgan fingerprint density at radius 3 is 3.00 bits per heavy atom. The van der Waals surface area contributed by atoms with Crippen molar-refractivity contribution in [2.75, 3.05) is 0 Å². The standard InChI is InChI=1S/C14H9N3O6S/c18-13(4-2-10-1-3-12(22-10)17(19)20)21-7-11-15-14(16-23-11)9-5-6-24-8-9/h1-6,8H,7H2/b4-2+. The van der Waals surface area contributed by atoms with Crippen LogP contribution in [0, 0.1) is 10.1 Å². The number of esters is 1. The summed E-state index contributed by atoms with van der Waals surface area (Å²) in [6.45, 7) is -0.182. The molecule has 0 aliphatic rings. The molecule has 3 aromatic heterocycles. The van der Waals surface area contributed by atoms with Crippen LogP contribution in [0.25, 0.3) is 17.5 Å². The summed E-state index contributed by atoms with van der Waals surface area (Å²) in [7, 11) is 0. The zero-order chi connectivity index (χ0) is 16.9. The Bertz CT molecular complexity index is 880. The lowest BCUT2D eigenvalue weighted by atomic mass is 10.3. The molecular weight excluding hydrogens is 338 g/mol. The normalized spacial score (nSPS) is 11.0. The van der Waals surface area contributed by atoms with E-state index in [2.05, 4.69) is 10.1 Å². The van der Waals surface area contributed by atoms with Crippen LogP contribution in [0.5, 0.6) is 0 Å². The summed E-state index contributed by atoms with van der Waals surface area (Å²) in [5, 5.41) is 18.0. The number of nitro groups is 1. The van der Waals surface area contributed by atoms with E-state index in [0.717, 1.165) is 11.6 Å². The Morgan fingerprint density at radius 2 is 2.29 bits per heavy atom. The summed E-state index contributed by atoms with van der Waals surface area (Å²) in [5.74, 6) is -0.345. The highest BCUT2D eigenvalue weighted by atomic mass is 32.1. The van der Waals surface area contributed by atoms with Crippen molar-refractivity contribution in [2.24, 2.45) is 0 Å². The van der Waals surface area contributed by atoms with Gasteiger partial charge in [-0.1, -0.05) is 5.16 Å². The molecule has 3 rings (SSSR count). The van der Waals surface area contributed by atoms with E-state index in [-0.39, 0.29) is 18.3 Å². The van der Waals surface area contributed by atoms with E-state index >= 15 is 0 Å². The van der Waals surface area contributed by atoms with Crippen LogP contribution < -0.4 is 0 Å². The second-order valence-corrected chi connectivity index (χ2v) is 5.18. The fraction of sp³-hybridized carbons (Fsp3) is 0.0714. The van der Waals surface area contributed by atoms with E-state index in [0.29, 0.717) is 5.82 Å². The van der Waals surface area contributed by atoms with Crippen molar-refractivity contribution in [3.05, 3.63) is 56.8 Å². The summed E-state index contributed by atoms with van der Waals surface area (Å²) >= 11 is 1.50. The van der Waals surface area contributed by atoms with E-state index < -0.39 is 16.8 Å². The lowest BCUT2D eigenvalue weighted by molar-refractivity contribution is -0.402. The highest BCUT2D eigenvalue weighted by Crippen LogP contribution is 2.19. The van der Waals surface area contributed by atoms with Gasteiger partial charge in [0.2, 0.25) is 5.82 Å². The number of aromatic nitrogens is 2. The molecule has 122 valence electrons. The fourth-order valence-corrected chi connectivity index (χ4v) is 2.32. The molecule has 0 fully saturated rings. The monoisotopic (exact) mass is 347 g/mol. The highest BCUT2D eigenvalue weighted by Gasteiger charge is 2.12. The third-order valence-electron chi connectivity index (χ3n) is 2.76. The molecule has 0 aliphatic carbocycles. The minimum absolute atomic E-state index is 0.159. The van der Waals surface area contributed by atoms with Gasteiger partial charge in [-0.2, -0.15) is 16.3 Å². The SMILES string of the molecule is O=C(/C=C/c1ccc([N+](=O)[O-])o1)OCc1nc(-c2ccsc2)no1. The number of thiophene rings is 1. The van der Waals surface area contributed by atoms with Crippen LogP contribution in [-0.2, 0) is 16.1 Å². The van der Waals surface area contributed by atoms with Gasteiger partial charge in [0.15, 0.2) is 6.61 Å². The molecule has 0 spiro atoms. The highest BCUT2D eigenvalue weighted by molar-refractivity contribution is 7.08. The van der Waals surface area contributed by atoms with Gasteiger partial charge in [-0.3, -0.25) is 10.1 Å². The molecule has 0 amide bonds. The van der Waals surface area contributed by atoms with Crippen molar-refractivity contribution in [2.45, 2.75) is 6.61 Å². The Hall–Kier alpha value is -3.27. The van der Waals surface area contributed by atoms with Gasteiger partial charge in [0.25, 0.3) is 5.89 Å². The largest absolute Gasteiger partial charge is 0.452 e. The van der Waals surface area contributed by atoms with E-state index in [1.165, 1.54) is 29.5 Å². The van der Waals surface area contributed by atoms with Crippen molar-refractivity contribution >= 4 is 29.3 Å². The average molecular weight is 347 g/mol. The number of rotatable bonds is 6. The third-order valence-corrected chi connectivity index (χ3v) is 3.44. The van der Waals surface area contributed by atoms with Crippen molar-refractivity contribution < 1.29 is 23.4 Å². The molecule has 0 saturated heterocycles. The van der Waals surface area contributed by atoms with E-state index in [9.17, 15) is 14.9 Å². The van der Waals surface area contributed by atoms with E-state index in [1.54, 1.807) is 0 Å². The quantitative estimate of drug-likeness (QED) is 0.288. The molecule has 3 aromatic rings. The molecule has 0 saturated carbocycles. The Kier molecular flexibility index (Phi) is 4.47. The molecule has 10 heteroatoms. The molecule has 0 atom stereocenters. The molecule has 3 heterocycles. The van der Waals surface area contributed by atoms with E-state index in [4.69, 9.17) is 13.7 Å². The molecule has 0 aromatic carbocycles. The second-order valence-electron chi connectivity index (χ2n) is 4.40. The molecule has 0 aliphatic heterocycles. The van der Waals surface area contributed by atoms with Crippen molar-refractivity contribution in [1.29, 1.82) is 0 Å². The maximum Gasteiger partial charge on any atom is 0.433 e. The molecule has 0 N–H and O–H groups in total. The minimum atomic E-state index is -0.677. The maximum absolute atomic E-state index is 11.6. The fourth-order valence-electron chi connectivity index (χ4n) is 1.68. The Labute approximate surface area is 138 Å². The predicted molar refractivity (Wildman–Crippen MR) is 81.8 cm³/mol. The first-order valence-corrected chi connectivity index (χ1v) is 7.50. The first-order valence-electron chi connectivity index (χ1n) is 6.56. The van der Waals surface area contributed by atoms with Crippen molar-refractivity contribution in [3.63, 3.8) is 0 Å². The third kappa shape index (κ3) is 3.73. The van der Waals surface area contributed by atoms with E-state index in [1.807, 2.05) is 16.8 Å².